The Labute approximate surface area is 168 Å². The molecule has 1 aromatic carbocycles. The van der Waals surface area contributed by atoms with Crippen molar-refractivity contribution in [1.82, 2.24) is 10.3 Å². The van der Waals surface area contributed by atoms with Crippen LogP contribution in [0.1, 0.15) is 12.5 Å². The number of anilines is 1. The van der Waals surface area contributed by atoms with Crippen LogP contribution in [-0.2, 0) is 16.1 Å². The monoisotopic (exact) mass is 409 g/mol. The first kappa shape index (κ1) is 19.7. The van der Waals surface area contributed by atoms with E-state index in [1.807, 2.05) is 12.1 Å². The molecule has 0 spiro atoms. The first-order valence-electron chi connectivity index (χ1n) is 8.70. The Hall–Kier alpha value is -2.02. The van der Waals surface area contributed by atoms with Crippen LogP contribution in [0.15, 0.2) is 36.5 Å². The highest BCUT2D eigenvalue weighted by atomic mass is 35.5. The van der Waals surface area contributed by atoms with Crippen molar-refractivity contribution in [3.05, 3.63) is 52.1 Å². The summed E-state index contributed by atoms with van der Waals surface area (Å²) < 4.78 is 11.0. The SMILES string of the molecule is CC(Oc1cccc(Cl)c1Cl)C(=O)NCc1ccnc(N2CCOCC2)c1. The van der Waals surface area contributed by atoms with Crippen molar-refractivity contribution in [1.29, 1.82) is 0 Å². The van der Waals surface area contributed by atoms with Gasteiger partial charge < -0.3 is 19.7 Å². The number of aromatic nitrogens is 1. The zero-order valence-electron chi connectivity index (χ0n) is 15.0. The second-order valence-electron chi connectivity index (χ2n) is 6.15. The number of ether oxygens (including phenoxy) is 2. The zero-order chi connectivity index (χ0) is 19.2. The van der Waals surface area contributed by atoms with E-state index in [-0.39, 0.29) is 5.91 Å². The van der Waals surface area contributed by atoms with E-state index in [2.05, 4.69) is 15.2 Å². The number of benzene rings is 1. The van der Waals surface area contributed by atoms with Crippen molar-refractivity contribution in [3.8, 4) is 5.75 Å². The molecule has 1 atom stereocenters. The Bertz CT molecular complexity index is 798. The van der Waals surface area contributed by atoms with Crippen molar-refractivity contribution >= 4 is 34.9 Å². The molecule has 1 amide bonds. The molecular weight excluding hydrogens is 389 g/mol. The Balaban J connectivity index is 1.56. The van der Waals surface area contributed by atoms with Crippen LogP contribution >= 0.6 is 23.2 Å². The predicted molar refractivity (Wildman–Crippen MR) is 106 cm³/mol. The Morgan fingerprint density at radius 2 is 2.11 bits per heavy atom. The molecule has 1 aromatic heterocycles. The average Bonchev–Trinajstić information content (AvgIpc) is 2.70. The summed E-state index contributed by atoms with van der Waals surface area (Å²) in [4.78, 5) is 18.9. The largest absolute Gasteiger partial charge is 0.479 e. The molecule has 3 rings (SSSR count). The lowest BCUT2D eigenvalue weighted by molar-refractivity contribution is -0.127. The summed E-state index contributed by atoms with van der Waals surface area (Å²) in [5.74, 6) is 1.03. The van der Waals surface area contributed by atoms with Crippen LogP contribution in [0.3, 0.4) is 0 Å². The molecule has 6 nitrogen and oxygen atoms in total. The maximum atomic E-state index is 12.3. The number of halogens is 2. The van der Waals surface area contributed by atoms with Gasteiger partial charge in [-0.25, -0.2) is 4.98 Å². The molecule has 2 heterocycles. The van der Waals surface area contributed by atoms with Crippen LogP contribution in [0.4, 0.5) is 5.82 Å². The second kappa shape index (κ2) is 9.26. The molecule has 0 bridgehead atoms. The minimum Gasteiger partial charge on any atom is -0.479 e. The van der Waals surface area contributed by atoms with E-state index in [1.165, 1.54) is 0 Å². The van der Waals surface area contributed by atoms with E-state index < -0.39 is 6.10 Å². The highest BCUT2D eigenvalue weighted by Crippen LogP contribution is 2.32. The molecule has 1 aliphatic heterocycles. The topological polar surface area (TPSA) is 63.7 Å². The number of hydrogen-bond acceptors (Lipinski definition) is 5. The Morgan fingerprint density at radius 1 is 1.33 bits per heavy atom. The molecule has 8 heteroatoms. The standard InChI is InChI=1S/C19H21Cl2N3O3/c1-13(27-16-4-2-3-15(20)18(16)21)19(25)23-12-14-5-6-22-17(11-14)24-7-9-26-10-8-24/h2-6,11,13H,7-10,12H2,1H3,(H,23,25). The third-order valence-electron chi connectivity index (χ3n) is 4.20. The first-order chi connectivity index (χ1) is 13.0. The lowest BCUT2D eigenvalue weighted by Crippen LogP contribution is -2.37. The summed E-state index contributed by atoms with van der Waals surface area (Å²) in [5.41, 5.74) is 0.966. The number of rotatable bonds is 6. The number of carbonyl (C=O) groups excluding carboxylic acids is 1. The van der Waals surface area contributed by atoms with Crippen LogP contribution in [0.5, 0.6) is 5.75 Å². The molecule has 144 valence electrons. The molecule has 27 heavy (non-hydrogen) atoms. The molecule has 2 aromatic rings. The lowest BCUT2D eigenvalue weighted by Gasteiger charge is -2.28. The third kappa shape index (κ3) is 5.25. The smallest absolute Gasteiger partial charge is 0.261 e. The Morgan fingerprint density at radius 3 is 2.89 bits per heavy atom. The minimum absolute atomic E-state index is 0.240. The van der Waals surface area contributed by atoms with Crippen LogP contribution in [0, 0.1) is 0 Å². The molecular formula is C19H21Cl2N3O3. The van der Waals surface area contributed by atoms with E-state index in [4.69, 9.17) is 32.7 Å². The predicted octanol–water partition coefficient (Wildman–Crippen LogP) is 3.31. The normalized spacial score (nSPS) is 15.3. The third-order valence-corrected chi connectivity index (χ3v) is 5.00. The molecule has 1 N–H and O–H groups in total. The fourth-order valence-corrected chi connectivity index (χ4v) is 3.02. The van der Waals surface area contributed by atoms with Crippen molar-refractivity contribution in [2.75, 3.05) is 31.2 Å². The van der Waals surface area contributed by atoms with Gasteiger partial charge in [-0.15, -0.1) is 0 Å². The van der Waals surface area contributed by atoms with Gasteiger partial charge >= 0.3 is 0 Å². The molecule has 0 saturated carbocycles. The lowest BCUT2D eigenvalue weighted by atomic mass is 10.2. The molecule has 0 aliphatic carbocycles. The number of nitrogens with zero attached hydrogens (tertiary/aromatic N) is 2. The van der Waals surface area contributed by atoms with Gasteiger partial charge in [-0.1, -0.05) is 29.3 Å². The van der Waals surface area contributed by atoms with Crippen molar-refractivity contribution in [2.24, 2.45) is 0 Å². The number of hydrogen-bond donors (Lipinski definition) is 1. The fourth-order valence-electron chi connectivity index (χ4n) is 2.69. The second-order valence-corrected chi connectivity index (χ2v) is 6.94. The number of morpholine rings is 1. The van der Waals surface area contributed by atoms with E-state index in [0.29, 0.717) is 35.6 Å². The highest BCUT2D eigenvalue weighted by molar-refractivity contribution is 6.42. The summed E-state index contributed by atoms with van der Waals surface area (Å²) in [6.07, 6.45) is 1.04. The summed E-state index contributed by atoms with van der Waals surface area (Å²) in [6.45, 7) is 5.07. The summed E-state index contributed by atoms with van der Waals surface area (Å²) >= 11 is 12.1. The highest BCUT2D eigenvalue weighted by Gasteiger charge is 2.17. The molecule has 1 saturated heterocycles. The maximum absolute atomic E-state index is 12.3. The minimum atomic E-state index is -0.707. The number of nitrogens with one attached hydrogen (secondary N) is 1. The van der Waals surface area contributed by atoms with Crippen LogP contribution in [0.2, 0.25) is 10.0 Å². The average molecular weight is 410 g/mol. The Kier molecular flexibility index (Phi) is 6.77. The number of carbonyl (C=O) groups is 1. The van der Waals surface area contributed by atoms with E-state index >= 15 is 0 Å². The summed E-state index contributed by atoms with van der Waals surface area (Å²) in [6, 6.07) is 8.92. The van der Waals surface area contributed by atoms with Crippen LogP contribution in [0.25, 0.3) is 0 Å². The van der Waals surface area contributed by atoms with E-state index in [9.17, 15) is 4.79 Å². The fraction of sp³-hybridized carbons (Fsp3) is 0.368. The number of amides is 1. The first-order valence-corrected chi connectivity index (χ1v) is 9.46. The van der Waals surface area contributed by atoms with Gasteiger partial charge in [0.1, 0.15) is 16.6 Å². The van der Waals surface area contributed by atoms with Crippen molar-refractivity contribution in [3.63, 3.8) is 0 Å². The van der Waals surface area contributed by atoms with Gasteiger partial charge in [0.05, 0.1) is 18.2 Å². The van der Waals surface area contributed by atoms with Gasteiger partial charge in [0.2, 0.25) is 0 Å². The van der Waals surface area contributed by atoms with Crippen molar-refractivity contribution in [2.45, 2.75) is 19.6 Å². The molecule has 1 aliphatic rings. The van der Waals surface area contributed by atoms with Crippen LogP contribution in [-0.4, -0.2) is 43.3 Å². The molecule has 1 unspecified atom stereocenters. The molecule has 1 fully saturated rings. The van der Waals surface area contributed by atoms with E-state index in [1.54, 1.807) is 31.3 Å². The van der Waals surface area contributed by atoms with Crippen LogP contribution < -0.4 is 15.0 Å². The van der Waals surface area contributed by atoms with Gasteiger partial charge in [-0.05, 0) is 36.8 Å². The molecule has 0 radical (unpaired) electrons. The quantitative estimate of drug-likeness (QED) is 0.792. The van der Waals surface area contributed by atoms with Crippen molar-refractivity contribution < 1.29 is 14.3 Å². The number of pyridine rings is 1. The van der Waals surface area contributed by atoms with Gasteiger partial charge in [0.15, 0.2) is 6.10 Å². The summed E-state index contributed by atoms with van der Waals surface area (Å²) in [7, 11) is 0. The van der Waals surface area contributed by atoms with Gasteiger partial charge in [-0.2, -0.15) is 0 Å². The van der Waals surface area contributed by atoms with Gasteiger partial charge in [-0.3, -0.25) is 4.79 Å². The van der Waals surface area contributed by atoms with Gasteiger partial charge in [0.25, 0.3) is 5.91 Å². The van der Waals surface area contributed by atoms with E-state index in [0.717, 1.165) is 24.5 Å². The summed E-state index contributed by atoms with van der Waals surface area (Å²) in [5, 5.41) is 3.55. The van der Waals surface area contributed by atoms with Gasteiger partial charge in [0, 0.05) is 25.8 Å². The maximum Gasteiger partial charge on any atom is 0.261 e. The zero-order valence-corrected chi connectivity index (χ0v) is 16.5.